The van der Waals surface area contributed by atoms with E-state index in [0.29, 0.717) is 23.0 Å². The summed E-state index contributed by atoms with van der Waals surface area (Å²) in [5.74, 6) is 3.43. The third-order valence-corrected chi connectivity index (χ3v) is 8.10. The van der Waals surface area contributed by atoms with E-state index in [1.54, 1.807) is 6.07 Å². The van der Waals surface area contributed by atoms with E-state index in [-0.39, 0.29) is 6.04 Å². The normalized spacial score (nSPS) is 15.9. The standard InChI is InChI=1S/C29H32N6O2S/c1-18-12-21(15-30)13-19(2)26(18)37-28-24-17-38-11-8-25(24)33-29(34-28)32-23-6-9-35(10-7-23)16-20-4-3-5-22(14-20)27(31)36/h3-5,12-14,23H,6-11,16-17H2,1-2H3,(H2,31,36)(H,32,33,34). The molecule has 1 saturated heterocycles. The molecule has 38 heavy (non-hydrogen) atoms. The lowest BCUT2D eigenvalue weighted by Gasteiger charge is -2.32. The predicted molar refractivity (Wildman–Crippen MR) is 149 cm³/mol. The van der Waals surface area contributed by atoms with Crippen molar-refractivity contribution in [2.24, 2.45) is 5.73 Å². The molecule has 0 saturated carbocycles. The zero-order valence-corrected chi connectivity index (χ0v) is 22.6. The summed E-state index contributed by atoms with van der Waals surface area (Å²) in [7, 11) is 0. The lowest BCUT2D eigenvalue weighted by molar-refractivity contribution is 0.1000. The van der Waals surface area contributed by atoms with Gasteiger partial charge in [0.05, 0.1) is 17.3 Å². The summed E-state index contributed by atoms with van der Waals surface area (Å²) in [4.78, 5) is 23.6. The monoisotopic (exact) mass is 528 g/mol. The Balaban J connectivity index is 1.28. The van der Waals surface area contributed by atoms with Crippen molar-refractivity contribution in [3.8, 4) is 17.7 Å². The molecule has 196 valence electrons. The molecule has 3 N–H and O–H groups in total. The lowest BCUT2D eigenvalue weighted by atomic mass is 10.0. The van der Waals surface area contributed by atoms with Gasteiger partial charge in [0, 0.05) is 42.6 Å². The molecule has 0 aliphatic carbocycles. The van der Waals surface area contributed by atoms with Gasteiger partial charge in [0.25, 0.3) is 0 Å². The van der Waals surface area contributed by atoms with Crippen LogP contribution in [0, 0.1) is 25.2 Å². The average Bonchev–Trinajstić information content (AvgIpc) is 2.91. The van der Waals surface area contributed by atoms with Gasteiger partial charge >= 0.3 is 0 Å². The van der Waals surface area contributed by atoms with Gasteiger partial charge in [0.2, 0.25) is 17.7 Å². The number of anilines is 1. The number of nitriles is 1. The molecule has 2 aliphatic heterocycles. The van der Waals surface area contributed by atoms with Crippen molar-refractivity contribution in [2.75, 3.05) is 24.2 Å². The quantitative estimate of drug-likeness (QED) is 0.452. The van der Waals surface area contributed by atoms with Gasteiger partial charge in [0.1, 0.15) is 5.75 Å². The zero-order valence-electron chi connectivity index (χ0n) is 21.8. The van der Waals surface area contributed by atoms with Crippen molar-refractivity contribution >= 4 is 23.6 Å². The van der Waals surface area contributed by atoms with Crippen LogP contribution in [-0.2, 0) is 18.7 Å². The van der Waals surface area contributed by atoms with Gasteiger partial charge in [-0.25, -0.2) is 4.98 Å². The van der Waals surface area contributed by atoms with Crippen LogP contribution in [-0.4, -0.2) is 45.7 Å². The van der Waals surface area contributed by atoms with Crippen molar-refractivity contribution in [3.05, 3.63) is 75.5 Å². The second-order valence-electron chi connectivity index (χ2n) is 9.99. The number of aryl methyl sites for hydroxylation is 3. The number of piperidine rings is 1. The molecule has 2 aromatic carbocycles. The summed E-state index contributed by atoms with van der Waals surface area (Å²) in [6.45, 7) is 6.59. The van der Waals surface area contributed by atoms with E-state index in [9.17, 15) is 10.1 Å². The van der Waals surface area contributed by atoms with Crippen LogP contribution in [0.15, 0.2) is 36.4 Å². The van der Waals surface area contributed by atoms with E-state index in [1.165, 1.54) is 0 Å². The molecule has 1 aromatic heterocycles. The summed E-state index contributed by atoms with van der Waals surface area (Å²) in [5, 5.41) is 12.9. The fraction of sp³-hybridized carbons (Fsp3) is 0.379. The van der Waals surface area contributed by atoms with Gasteiger partial charge in [-0.1, -0.05) is 12.1 Å². The summed E-state index contributed by atoms with van der Waals surface area (Å²) in [6, 6.07) is 13.7. The molecule has 0 atom stereocenters. The summed E-state index contributed by atoms with van der Waals surface area (Å²) < 4.78 is 6.42. The number of hydrogen-bond donors (Lipinski definition) is 2. The molecular formula is C29H32N6O2S. The Bertz CT molecular complexity index is 1370. The first kappa shape index (κ1) is 26.0. The highest BCUT2D eigenvalue weighted by Crippen LogP contribution is 2.36. The second kappa shape index (κ2) is 11.4. The van der Waals surface area contributed by atoms with Crippen molar-refractivity contribution in [1.29, 1.82) is 5.26 Å². The SMILES string of the molecule is Cc1cc(C#N)cc(C)c1Oc1nc(NC2CCN(Cc3cccc(C(N)=O)c3)CC2)nc2c1CSCC2. The summed E-state index contributed by atoms with van der Waals surface area (Å²) in [5.41, 5.74) is 11.6. The van der Waals surface area contributed by atoms with Gasteiger partial charge < -0.3 is 15.8 Å². The number of fused-ring (bicyclic) bond motifs is 1. The highest BCUT2D eigenvalue weighted by Gasteiger charge is 2.24. The Morgan fingerprint density at radius 2 is 1.97 bits per heavy atom. The molecule has 0 unspecified atom stereocenters. The molecule has 0 bridgehead atoms. The number of benzene rings is 2. The number of nitrogens with zero attached hydrogens (tertiary/aromatic N) is 4. The zero-order chi connectivity index (χ0) is 26.6. The van der Waals surface area contributed by atoms with Crippen LogP contribution in [0.2, 0.25) is 0 Å². The molecule has 8 nitrogen and oxygen atoms in total. The topological polar surface area (TPSA) is 117 Å². The maximum Gasteiger partial charge on any atom is 0.248 e. The summed E-state index contributed by atoms with van der Waals surface area (Å²) >= 11 is 1.87. The van der Waals surface area contributed by atoms with E-state index >= 15 is 0 Å². The van der Waals surface area contributed by atoms with E-state index in [4.69, 9.17) is 20.4 Å². The van der Waals surface area contributed by atoms with Crippen molar-refractivity contribution in [2.45, 2.75) is 51.4 Å². The molecule has 5 rings (SSSR count). The van der Waals surface area contributed by atoms with Gasteiger partial charge in [-0.2, -0.15) is 22.0 Å². The Kier molecular flexibility index (Phi) is 7.82. The average molecular weight is 529 g/mol. The largest absolute Gasteiger partial charge is 0.438 e. The smallest absolute Gasteiger partial charge is 0.248 e. The Hall–Kier alpha value is -3.61. The number of nitrogens with one attached hydrogen (secondary N) is 1. The number of aromatic nitrogens is 2. The molecule has 3 heterocycles. The van der Waals surface area contributed by atoms with Crippen LogP contribution in [0.5, 0.6) is 11.6 Å². The fourth-order valence-corrected chi connectivity index (χ4v) is 6.10. The number of hydrogen-bond acceptors (Lipinski definition) is 8. The minimum absolute atomic E-state index is 0.269. The number of amides is 1. The number of carbonyl (C=O) groups excluding carboxylic acids is 1. The van der Waals surface area contributed by atoms with Crippen LogP contribution >= 0.6 is 11.8 Å². The summed E-state index contributed by atoms with van der Waals surface area (Å²) in [6.07, 6.45) is 2.83. The first-order chi connectivity index (χ1) is 18.4. The lowest BCUT2D eigenvalue weighted by Crippen LogP contribution is -2.39. The minimum Gasteiger partial charge on any atom is -0.438 e. The maximum atomic E-state index is 11.5. The van der Waals surface area contributed by atoms with Crippen molar-refractivity contribution in [1.82, 2.24) is 14.9 Å². The number of rotatable bonds is 7. The molecule has 9 heteroatoms. The number of ether oxygens (including phenoxy) is 1. The first-order valence-electron chi connectivity index (χ1n) is 12.9. The molecule has 0 radical (unpaired) electrons. The fourth-order valence-electron chi connectivity index (χ4n) is 5.12. The van der Waals surface area contributed by atoms with Crippen molar-refractivity contribution in [3.63, 3.8) is 0 Å². The Morgan fingerprint density at radius 1 is 1.21 bits per heavy atom. The number of nitrogens with two attached hydrogens (primary N) is 1. The van der Waals surface area contributed by atoms with Crippen LogP contribution in [0.4, 0.5) is 5.95 Å². The third-order valence-electron chi connectivity index (χ3n) is 7.11. The predicted octanol–water partition coefficient (Wildman–Crippen LogP) is 4.72. The maximum absolute atomic E-state index is 11.5. The number of primary amides is 1. The minimum atomic E-state index is -0.397. The van der Waals surface area contributed by atoms with E-state index < -0.39 is 5.91 Å². The molecule has 0 spiro atoms. The van der Waals surface area contributed by atoms with Gasteiger partial charge in [-0.3, -0.25) is 9.69 Å². The number of likely N-dealkylation sites (tertiary alicyclic amines) is 1. The molecule has 1 amide bonds. The molecular weight excluding hydrogens is 496 g/mol. The van der Waals surface area contributed by atoms with Crippen LogP contribution < -0.4 is 15.8 Å². The molecule has 2 aliphatic rings. The van der Waals surface area contributed by atoms with E-state index in [0.717, 1.165) is 84.1 Å². The molecule has 1 fully saturated rings. The van der Waals surface area contributed by atoms with E-state index in [2.05, 4.69) is 16.3 Å². The van der Waals surface area contributed by atoms with Gasteiger partial charge in [-0.05, 0) is 79.8 Å². The third kappa shape index (κ3) is 5.93. The van der Waals surface area contributed by atoms with Crippen LogP contribution in [0.25, 0.3) is 0 Å². The highest BCUT2D eigenvalue weighted by molar-refractivity contribution is 7.98. The number of thioether (sulfide) groups is 1. The highest BCUT2D eigenvalue weighted by atomic mass is 32.2. The Morgan fingerprint density at radius 3 is 2.68 bits per heavy atom. The van der Waals surface area contributed by atoms with Crippen molar-refractivity contribution < 1.29 is 9.53 Å². The Labute approximate surface area is 227 Å². The van der Waals surface area contributed by atoms with Crippen LogP contribution in [0.3, 0.4) is 0 Å². The van der Waals surface area contributed by atoms with E-state index in [1.807, 2.05) is 55.9 Å². The number of carbonyl (C=O) groups is 1. The van der Waals surface area contributed by atoms with Crippen LogP contribution in [0.1, 0.15) is 56.7 Å². The van der Waals surface area contributed by atoms with Gasteiger partial charge in [-0.15, -0.1) is 0 Å². The second-order valence-corrected chi connectivity index (χ2v) is 11.1. The first-order valence-corrected chi connectivity index (χ1v) is 14.1. The van der Waals surface area contributed by atoms with Gasteiger partial charge in [0.15, 0.2) is 0 Å². The molecule has 3 aromatic rings.